The topological polar surface area (TPSA) is 51.0 Å². The van der Waals surface area contributed by atoms with Crippen molar-refractivity contribution in [3.05, 3.63) is 46.5 Å². The molecule has 37 heavy (non-hydrogen) atoms. The van der Waals surface area contributed by atoms with Crippen molar-refractivity contribution in [3.63, 3.8) is 0 Å². The zero-order valence-electron chi connectivity index (χ0n) is 24.2. The predicted octanol–water partition coefficient (Wildman–Crippen LogP) is 6.78. The molecule has 2 aromatic rings. The minimum atomic E-state index is 0.0107. The van der Waals surface area contributed by atoms with E-state index in [0.717, 1.165) is 30.5 Å². The number of aryl methyl sites for hydroxylation is 2. The second kappa shape index (κ2) is 10.6. The Labute approximate surface area is 224 Å². The lowest BCUT2D eigenvalue weighted by atomic mass is 9.71. The van der Waals surface area contributed by atoms with Gasteiger partial charge in [-0.2, -0.15) is 0 Å². The minimum Gasteiger partial charge on any atom is -0.311 e. The van der Waals surface area contributed by atoms with Crippen LogP contribution in [0.3, 0.4) is 0 Å². The summed E-state index contributed by atoms with van der Waals surface area (Å²) < 4.78 is 2.52. The normalized spacial score (nSPS) is 27.9. The molecule has 5 nitrogen and oxygen atoms in total. The van der Waals surface area contributed by atoms with Crippen LogP contribution < -0.4 is 0 Å². The predicted molar refractivity (Wildman–Crippen MR) is 150 cm³/mol. The molecule has 202 valence electrons. The Morgan fingerprint density at radius 1 is 1.03 bits per heavy atom. The van der Waals surface area contributed by atoms with E-state index in [4.69, 9.17) is 10.2 Å². The Balaban J connectivity index is 1.41. The van der Waals surface area contributed by atoms with Gasteiger partial charge in [0, 0.05) is 42.3 Å². The van der Waals surface area contributed by atoms with Gasteiger partial charge in [-0.05, 0) is 103 Å². The molecule has 5 heteroatoms. The maximum absolute atomic E-state index is 13.9. The third kappa shape index (κ3) is 5.57. The molecule has 1 unspecified atom stereocenters. The molecule has 1 aromatic carbocycles. The first-order valence-corrected chi connectivity index (χ1v) is 14.9. The standard InChI is InChI=1S/C32H48N4O/c1-19(2)12-23-14-25(15-23)31-33-34-32(36(31)26-10-11-26)29-18-27(35(7)20(3)4)17-28(29)30(37)16-24-9-8-21(5)13-22(24)6/h8-9,13,19-20,23,25-29H,10-12,14-18H2,1-7H3/t23?,25?,27?,28-,29-/m0/s1. The van der Waals surface area contributed by atoms with Gasteiger partial charge < -0.3 is 9.47 Å². The quantitative estimate of drug-likeness (QED) is 0.358. The van der Waals surface area contributed by atoms with Crippen LogP contribution in [0.5, 0.6) is 0 Å². The first kappa shape index (κ1) is 26.6. The van der Waals surface area contributed by atoms with Crippen molar-refractivity contribution in [2.24, 2.45) is 17.8 Å². The molecule has 0 saturated heterocycles. The van der Waals surface area contributed by atoms with Crippen LogP contribution in [0.2, 0.25) is 0 Å². The zero-order valence-corrected chi connectivity index (χ0v) is 24.2. The molecule has 1 heterocycles. The Kier molecular flexibility index (Phi) is 7.64. The number of carbonyl (C=O) groups is 1. The average Bonchev–Trinajstić information content (AvgIpc) is 3.40. The molecular weight excluding hydrogens is 456 g/mol. The highest BCUT2D eigenvalue weighted by Gasteiger charge is 2.46. The maximum atomic E-state index is 13.9. The molecule has 5 rings (SSSR count). The molecule has 1 aromatic heterocycles. The van der Waals surface area contributed by atoms with E-state index < -0.39 is 0 Å². The Hall–Kier alpha value is -2.01. The molecule has 3 fully saturated rings. The van der Waals surface area contributed by atoms with Gasteiger partial charge >= 0.3 is 0 Å². The van der Waals surface area contributed by atoms with Gasteiger partial charge in [-0.1, -0.05) is 37.6 Å². The van der Waals surface area contributed by atoms with E-state index in [9.17, 15) is 4.79 Å². The van der Waals surface area contributed by atoms with E-state index in [1.165, 1.54) is 54.6 Å². The number of nitrogens with zero attached hydrogens (tertiary/aromatic N) is 4. The van der Waals surface area contributed by atoms with Crippen LogP contribution in [-0.4, -0.2) is 44.6 Å². The smallest absolute Gasteiger partial charge is 0.141 e. The second-order valence-corrected chi connectivity index (χ2v) is 13.4. The van der Waals surface area contributed by atoms with Gasteiger partial charge in [0.15, 0.2) is 0 Å². The van der Waals surface area contributed by atoms with E-state index in [1.807, 2.05) is 0 Å². The Morgan fingerprint density at radius 2 is 1.73 bits per heavy atom. The van der Waals surface area contributed by atoms with Crippen LogP contribution in [-0.2, 0) is 11.2 Å². The lowest BCUT2D eigenvalue weighted by molar-refractivity contribution is -0.122. The van der Waals surface area contributed by atoms with E-state index in [2.05, 4.69) is 76.3 Å². The van der Waals surface area contributed by atoms with Crippen LogP contribution in [0.1, 0.15) is 119 Å². The van der Waals surface area contributed by atoms with Crippen molar-refractivity contribution in [2.75, 3.05) is 7.05 Å². The summed E-state index contributed by atoms with van der Waals surface area (Å²) in [5, 5.41) is 9.75. The Bertz CT molecular complexity index is 1110. The highest BCUT2D eigenvalue weighted by molar-refractivity contribution is 5.85. The molecule has 3 aliphatic carbocycles. The van der Waals surface area contributed by atoms with E-state index in [-0.39, 0.29) is 11.8 Å². The van der Waals surface area contributed by atoms with Crippen LogP contribution in [0, 0.1) is 31.6 Å². The monoisotopic (exact) mass is 504 g/mol. The SMILES string of the molecule is Cc1ccc(CC(=O)[C@H]2CC(N(C)C(C)C)C[C@@H]2c2nnc(C3CC(CC(C)C)C3)n2C2CC2)c(C)c1. The average molecular weight is 505 g/mol. The molecule has 0 spiro atoms. The number of benzene rings is 1. The van der Waals surface area contributed by atoms with Crippen molar-refractivity contribution < 1.29 is 4.79 Å². The highest BCUT2D eigenvalue weighted by atomic mass is 16.1. The first-order valence-electron chi connectivity index (χ1n) is 14.9. The van der Waals surface area contributed by atoms with Crippen molar-refractivity contribution in [2.45, 2.75) is 123 Å². The number of aromatic nitrogens is 3. The third-order valence-corrected chi connectivity index (χ3v) is 9.60. The second-order valence-electron chi connectivity index (χ2n) is 13.4. The van der Waals surface area contributed by atoms with Gasteiger partial charge in [-0.15, -0.1) is 10.2 Å². The van der Waals surface area contributed by atoms with Crippen LogP contribution in [0.25, 0.3) is 0 Å². The molecule has 3 aliphatic rings. The number of ketones is 1. The van der Waals surface area contributed by atoms with Gasteiger partial charge in [-0.25, -0.2) is 0 Å². The largest absolute Gasteiger partial charge is 0.311 e. The van der Waals surface area contributed by atoms with Crippen LogP contribution >= 0.6 is 0 Å². The highest BCUT2D eigenvalue weighted by Crippen LogP contribution is 2.50. The number of carbonyl (C=O) groups excluding carboxylic acids is 1. The van der Waals surface area contributed by atoms with Gasteiger partial charge in [0.25, 0.3) is 0 Å². The summed E-state index contributed by atoms with van der Waals surface area (Å²) in [6.07, 6.45) is 8.73. The summed E-state index contributed by atoms with van der Waals surface area (Å²) in [7, 11) is 2.23. The third-order valence-electron chi connectivity index (χ3n) is 9.60. The van der Waals surface area contributed by atoms with Crippen molar-refractivity contribution in [1.29, 1.82) is 0 Å². The summed E-state index contributed by atoms with van der Waals surface area (Å²) in [4.78, 5) is 16.4. The van der Waals surface area contributed by atoms with E-state index in [1.54, 1.807) is 0 Å². The number of hydrogen-bond acceptors (Lipinski definition) is 4. The van der Waals surface area contributed by atoms with Crippen LogP contribution in [0.15, 0.2) is 18.2 Å². The molecule has 3 saturated carbocycles. The summed E-state index contributed by atoms with van der Waals surface area (Å²) in [6, 6.07) is 7.90. The molecule has 0 radical (unpaired) electrons. The number of rotatable bonds is 10. The maximum Gasteiger partial charge on any atom is 0.141 e. The van der Waals surface area contributed by atoms with E-state index in [0.29, 0.717) is 36.2 Å². The molecule has 0 amide bonds. The Morgan fingerprint density at radius 3 is 2.35 bits per heavy atom. The summed E-state index contributed by atoms with van der Waals surface area (Å²) in [6.45, 7) is 13.4. The lowest BCUT2D eigenvalue weighted by Crippen LogP contribution is -2.35. The van der Waals surface area contributed by atoms with Crippen molar-refractivity contribution >= 4 is 5.78 Å². The van der Waals surface area contributed by atoms with Gasteiger partial charge in [0.1, 0.15) is 17.4 Å². The minimum absolute atomic E-state index is 0.0107. The first-order chi connectivity index (χ1) is 17.6. The zero-order chi connectivity index (χ0) is 26.4. The van der Waals surface area contributed by atoms with Crippen LogP contribution in [0.4, 0.5) is 0 Å². The van der Waals surface area contributed by atoms with Gasteiger partial charge in [0.05, 0.1) is 0 Å². The lowest BCUT2D eigenvalue weighted by Gasteiger charge is -2.36. The van der Waals surface area contributed by atoms with Crippen molar-refractivity contribution in [3.8, 4) is 0 Å². The molecule has 0 N–H and O–H groups in total. The fourth-order valence-corrected chi connectivity index (χ4v) is 7.13. The fraction of sp³-hybridized carbons (Fsp3) is 0.719. The van der Waals surface area contributed by atoms with E-state index >= 15 is 0 Å². The summed E-state index contributed by atoms with van der Waals surface area (Å²) in [5.41, 5.74) is 3.65. The number of hydrogen-bond donors (Lipinski definition) is 0. The summed E-state index contributed by atoms with van der Waals surface area (Å²) >= 11 is 0. The molecule has 0 bridgehead atoms. The van der Waals surface area contributed by atoms with Gasteiger partial charge in [0.2, 0.25) is 0 Å². The molecule has 0 aliphatic heterocycles. The molecule has 3 atom stereocenters. The fourth-order valence-electron chi connectivity index (χ4n) is 7.13. The van der Waals surface area contributed by atoms with Gasteiger partial charge in [-0.3, -0.25) is 4.79 Å². The van der Waals surface area contributed by atoms with Crippen molar-refractivity contribution in [1.82, 2.24) is 19.7 Å². The number of Topliss-reactive ketones (excluding diaryl/α,β-unsaturated/α-hetero) is 1. The molecular formula is C32H48N4O. The summed E-state index contributed by atoms with van der Waals surface area (Å²) in [5.74, 6) is 5.03.